The standard InChI is InChI=1S/C12H12O4S/c13-9-6-11(16-12(9)15)10(14)7-17-8-4-2-1-3-5-8/h1-6,10-11,13-14H,7H2. The van der Waals surface area contributed by atoms with Gasteiger partial charge >= 0.3 is 5.97 Å². The molecule has 90 valence electrons. The fourth-order valence-corrected chi connectivity index (χ4v) is 2.33. The van der Waals surface area contributed by atoms with Crippen LogP contribution in [-0.4, -0.2) is 34.1 Å². The maximum absolute atomic E-state index is 10.9. The van der Waals surface area contributed by atoms with Gasteiger partial charge in [0.2, 0.25) is 5.76 Å². The quantitative estimate of drug-likeness (QED) is 0.628. The van der Waals surface area contributed by atoms with Crippen LogP contribution < -0.4 is 0 Å². The summed E-state index contributed by atoms with van der Waals surface area (Å²) in [5, 5.41) is 18.9. The number of esters is 1. The molecule has 1 aliphatic heterocycles. The number of aliphatic hydroxyl groups is 2. The van der Waals surface area contributed by atoms with Gasteiger partial charge in [0.25, 0.3) is 0 Å². The average Bonchev–Trinajstić information content (AvgIpc) is 2.68. The van der Waals surface area contributed by atoms with E-state index in [2.05, 4.69) is 0 Å². The third kappa shape index (κ3) is 3.01. The third-order valence-electron chi connectivity index (χ3n) is 2.32. The van der Waals surface area contributed by atoms with E-state index in [1.165, 1.54) is 17.8 Å². The Balaban J connectivity index is 1.86. The second kappa shape index (κ2) is 5.25. The van der Waals surface area contributed by atoms with Gasteiger partial charge in [-0.05, 0) is 12.1 Å². The Morgan fingerprint density at radius 1 is 1.35 bits per heavy atom. The van der Waals surface area contributed by atoms with Crippen molar-refractivity contribution in [2.75, 3.05) is 5.75 Å². The lowest BCUT2D eigenvalue weighted by atomic mass is 10.2. The minimum atomic E-state index is -0.825. The molecule has 5 heteroatoms. The van der Waals surface area contributed by atoms with Crippen molar-refractivity contribution in [1.29, 1.82) is 0 Å². The fraction of sp³-hybridized carbons (Fsp3) is 0.250. The number of thioether (sulfide) groups is 1. The van der Waals surface area contributed by atoms with Crippen LogP contribution in [0, 0.1) is 0 Å². The lowest BCUT2D eigenvalue weighted by Crippen LogP contribution is -2.27. The molecule has 0 saturated heterocycles. The van der Waals surface area contributed by atoms with Crippen molar-refractivity contribution in [2.24, 2.45) is 0 Å². The van der Waals surface area contributed by atoms with E-state index in [1.807, 2.05) is 30.3 Å². The van der Waals surface area contributed by atoms with Crippen LogP contribution in [-0.2, 0) is 9.53 Å². The van der Waals surface area contributed by atoms with Crippen LogP contribution in [0.25, 0.3) is 0 Å². The maximum Gasteiger partial charge on any atom is 0.373 e. The summed E-state index contributed by atoms with van der Waals surface area (Å²) in [6, 6.07) is 9.61. The van der Waals surface area contributed by atoms with Crippen LogP contribution in [0.15, 0.2) is 47.1 Å². The number of hydrogen-bond acceptors (Lipinski definition) is 5. The number of aliphatic hydroxyl groups excluding tert-OH is 2. The summed E-state index contributed by atoms with van der Waals surface area (Å²) in [5.41, 5.74) is 0. The van der Waals surface area contributed by atoms with Crippen LogP contribution in [0.1, 0.15) is 0 Å². The van der Waals surface area contributed by atoms with Gasteiger partial charge in [-0.1, -0.05) is 18.2 Å². The van der Waals surface area contributed by atoms with Gasteiger partial charge < -0.3 is 14.9 Å². The topological polar surface area (TPSA) is 66.8 Å². The summed E-state index contributed by atoms with van der Waals surface area (Å²) in [7, 11) is 0. The highest BCUT2D eigenvalue weighted by Gasteiger charge is 2.30. The molecular formula is C12H12O4S. The zero-order valence-electron chi connectivity index (χ0n) is 8.95. The van der Waals surface area contributed by atoms with E-state index in [-0.39, 0.29) is 0 Å². The van der Waals surface area contributed by atoms with Gasteiger partial charge in [0.05, 0.1) is 0 Å². The number of benzene rings is 1. The molecule has 0 amide bonds. The highest BCUT2D eigenvalue weighted by molar-refractivity contribution is 7.99. The van der Waals surface area contributed by atoms with Crippen LogP contribution >= 0.6 is 11.8 Å². The molecule has 1 aromatic carbocycles. The predicted octanol–water partition coefficient (Wildman–Crippen LogP) is 1.51. The van der Waals surface area contributed by atoms with E-state index in [9.17, 15) is 9.90 Å². The van der Waals surface area contributed by atoms with E-state index in [4.69, 9.17) is 9.84 Å². The summed E-state index contributed by atoms with van der Waals surface area (Å²) < 4.78 is 4.78. The van der Waals surface area contributed by atoms with Gasteiger partial charge in [0.15, 0.2) is 6.10 Å². The number of hydrogen-bond donors (Lipinski definition) is 2. The smallest absolute Gasteiger partial charge is 0.373 e. The van der Waals surface area contributed by atoms with Gasteiger partial charge in [-0.3, -0.25) is 0 Å². The first kappa shape index (κ1) is 12.0. The van der Waals surface area contributed by atoms with Crippen molar-refractivity contribution in [3.05, 3.63) is 42.2 Å². The zero-order chi connectivity index (χ0) is 12.3. The SMILES string of the molecule is O=C1OC(C(O)CSc2ccccc2)C=C1O. The second-order valence-corrected chi connectivity index (χ2v) is 4.71. The number of ether oxygens (including phenoxy) is 1. The molecule has 4 nitrogen and oxygen atoms in total. The lowest BCUT2D eigenvalue weighted by molar-refractivity contribution is -0.145. The first-order valence-electron chi connectivity index (χ1n) is 5.14. The zero-order valence-corrected chi connectivity index (χ0v) is 9.76. The van der Waals surface area contributed by atoms with Gasteiger partial charge in [-0.25, -0.2) is 4.79 Å². The van der Waals surface area contributed by atoms with E-state index in [0.717, 1.165) is 4.90 Å². The molecule has 0 bridgehead atoms. The molecule has 0 radical (unpaired) electrons. The Bertz CT molecular complexity index is 429. The van der Waals surface area contributed by atoms with E-state index >= 15 is 0 Å². The second-order valence-electron chi connectivity index (χ2n) is 3.61. The number of cyclic esters (lactones) is 1. The minimum absolute atomic E-state index is 0.395. The lowest BCUT2D eigenvalue weighted by Gasteiger charge is -2.15. The molecule has 2 N–H and O–H groups in total. The highest BCUT2D eigenvalue weighted by atomic mass is 32.2. The highest BCUT2D eigenvalue weighted by Crippen LogP contribution is 2.22. The first-order valence-corrected chi connectivity index (χ1v) is 6.13. The molecule has 0 aromatic heterocycles. The van der Waals surface area contributed by atoms with Gasteiger partial charge in [-0.2, -0.15) is 0 Å². The Morgan fingerprint density at radius 2 is 2.06 bits per heavy atom. The van der Waals surface area contributed by atoms with Crippen molar-refractivity contribution in [2.45, 2.75) is 17.1 Å². The third-order valence-corrected chi connectivity index (χ3v) is 3.43. The molecule has 2 rings (SSSR count). The normalized spacial score (nSPS) is 20.9. The minimum Gasteiger partial charge on any atom is -0.502 e. The summed E-state index contributed by atoms with van der Waals surface area (Å²) in [6.07, 6.45) is -0.342. The molecule has 2 unspecified atom stereocenters. The number of rotatable bonds is 4. The average molecular weight is 252 g/mol. The van der Waals surface area contributed by atoms with Crippen molar-refractivity contribution in [1.82, 2.24) is 0 Å². The van der Waals surface area contributed by atoms with Gasteiger partial charge in [0.1, 0.15) is 6.10 Å². The largest absolute Gasteiger partial charge is 0.502 e. The number of carbonyl (C=O) groups is 1. The molecule has 0 spiro atoms. The summed E-state index contributed by atoms with van der Waals surface area (Å²) in [4.78, 5) is 11.9. The maximum atomic E-state index is 10.9. The number of carbonyl (C=O) groups excluding carboxylic acids is 1. The predicted molar refractivity (Wildman–Crippen MR) is 63.8 cm³/mol. The molecule has 0 saturated carbocycles. The molecule has 17 heavy (non-hydrogen) atoms. The van der Waals surface area contributed by atoms with Crippen LogP contribution in [0.3, 0.4) is 0 Å². The fourth-order valence-electron chi connectivity index (χ4n) is 1.42. The van der Waals surface area contributed by atoms with Gasteiger partial charge in [0, 0.05) is 16.7 Å². The van der Waals surface area contributed by atoms with Crippen molar-refractivity contribution >= 4 is 17.7 Å². The summed E-state index contributed by atoms with van der Waals surface area (Å²) in [6.45, 7) is 0. The molecular weight excluding hydrogens is 240 g/mol. The van der Waals surface area contributed by atoms with Crippen LogP contribution in [0.2, 0.25) is 0 Å². The van der Waals surface area contributed by atoms with E-state index in [1.54, 1.807) is 0 Å². The Morgan fingerprint density at radius 3 is 2.65 bits per heavy atom. The molecule has 0 aliphatic carbocycles. The molecule has 0 fully saturated rings. The Labute approximate surface area is 103 Å². The van der Waals surface area contributed by atoms with Crippen LogP contribution in [0.5, 0.6) is 0 Å². The van der Waals surface area contributed by atoms with Crippen molar-refractivity contribution < 1.29 is 19.7 Å². The van der Waals surface area contributed by atoms with Crippen molar-refractivity contribution in [3.63, 3.8) is 0 Å². The molecule has 1 heterocycles. The molecule has 1 aromatic rings. The Kier molecular flexibility index (Phi) is 3.71. The van der Waals surface area contributed by atoms with Crippen molar-refractivity contribution in [3.8, 4) is 0 Å². The molecule has 2 atom stereocenters. The van der Waals surface area contributed by atoms with Gasteiger partial charge in [-0.15, -0.1) is 11.8 Å². The first-order chi connectivity index (χ1) is 8.16. The van der Waals surface area contributed by atoms with Crippen LogP contribution in [0.4, 0.5) is 0 Å². The molecule has 1 aliphatic rings. The van der Waals surface area contributed by atoms with E-state index < -0.39 is 23.9 Å². The summed E-state index contributed by atoms with van der Waals surface area (Å²) >= 11 is 1.47. The monoisotopic (exact) mass is 252 g/mol. The summed E-state index contributed by atoms with van der Waals surface area (Å²) in [5.74, 6) is -0.816. The van der Waals surface area contributed by atoms with E-state index in [0.29, 0.717) is 5.75 Å². The Hall–Kier alpha value is -1.46.